The van der Waals surface area contributed by atoms with E-state index in [4.69, 9.17) is 4.74 Å². The summed E-state index contributed by atoms with van der Waals surface area (Å²) in [7, 11) is 1.71. The number of ether oxygens (including phenoxy) is 1. The van der Waals surface area contributed by atoms with Crippen molar-refractivity contribution in [2.45, 2.75) is 12.8 Å². The zero-order valence-corrected chi connectivity index (χ0v) is 17.4. The zero-order valence-electron chi connectivity index (χ0n) is 17.4. The van der Waals surface area contributed by atoms with Crippen LogP contribution in [0, 0.1) is 11.6 Å². The van der Waals surface area contributed by atoms with Gasteiger partial charge in [0.1, 0.15) is 17.1 Å². The number of hydrogen-bond donors (Lipinski definition) is 1. The fourth-order valence-electron chi connectivity index (χ4n) is 4.08. The lowest BCUT2D eigenvalue weighted by molar-refractivity contribution is -0.121. The van der Waals surface area contributed by atoms with E-state index < -0.39 is 11.6 Å². The number of rotatable bonds is 4. The maximum atomic E-state index is 14.3. The molecular weight excluding hydrogens is 432 g/mol. The Labute approximate surface area is 185 Å². The average molecular weight is 449 g/mol. The summed E-state index contributed by atoms with van der Waals surface area (Å²) in [4.78, 5) is 40.7. The molecule has 3 heterocycles. The van der Waals surface area contributed by atoms with Gasteiger partial charge in [-0.3, -0.25) is 19.3 Å². The van der Waals surface area contributed by atoms with Gasteiger partial charge in [-0.15, -0.1) is 0 Å². The average Bonchev–Trinajstić information content (AvgIpc) is 3.30. The number of aromatic nitrogens is 2. The molecule has 4 aromatic rings. The van der Waals surface area contributed by atoms with E-state index >= 15 is 0 Å². The Morgan fingerprint density at radius 3 is 2.36 bits per heavy atom. The molecule has 1 aliphatic rings. The van der Waals surface area contributed by atoms with E-state index in [2.05, 4.69) is 4.98 Å². The molecule has 0 bridgehead atoms. The smallest absolute Gasteiger partial charge is 0.272 e. The third-order valence-electron chi connectivity index (χ3n) is 5.58. The third-order valence-corrected chi connectivity index (χ3v) is 5.58. The molecule has 1 fully saturated rings. The Kier molecular flexibility index (Phi) is 4.81. The summed E-state index contributed by atoms with van der Waals surface area (Å²) in [5.74, 6) is -2.26. The van der Waals surface area contributed by atoms with Crippen LogP contribution in [0.4, 0.5) is 14.5 Å². The van der Waals surface area contributed by atoms with Crippen molar-refractivity contribution in [1.29, 1.82) is 0 Å². The maximum Gasteiger partial charge on any atom is 0.272 e. The topological polar surface area (TPSA) is 84.4 Å². The van der Waals surface area contributed by atoms with Crippen LogP contribution in [0.3, 0.4) is 0 Å². The number of fused-ring (bicyclic) bond motifs is 1. The minimum atomic E-state index is -0.885. The maximum absolute atomic E-state index is 14.3. The van der Waals surface area contributed by atoms with E-state index in [1.807, 2.05) is 0 Å². The van der Waals surface area contributed by atoms with Crippen LogP contribution in [0.1, 0.15) is 12.8 Å². The SMILES string of the molecule is Cn1cc(-c2cc(N3C(=O)CCC3=O)ccc2Oc2ccc(F)cc2F)c2cc[nH]c(=O)c21. The molecule has 0 aliphatic carbocycles. The molecule has 166 valence electrons. The molecule has 5 rings (SSSR count). The molecule has 7 nitrogen and oxygen atoms in total. The number of imide groups is 1. The highest BCUT2D eigenvalue weighted by Crippen LogP contribution is 2.41. The van der Waals surface area contributed by atoms with E-state index in [9.17, 15) is 23.2 Å². The summed E-state index contributed by atoms with van der Waals surface area (Å²) in [6.45, 7) is 0. The van der Waals surface area contributed by atoms with Crippen molar-refractivity contribution < 1.29 is 23.1 Å². The Morgan fingerprint density at radius 2 is 1.64 bits per heavy atom. The number of halogens is 2. The van der Waals surface area contributed by atoms with Crippen LogP contribution < -0.4 is 15.2 Å². The van der Waals surface area contributed by atoms with E-state index in [0.29, 0.717) is 33.8 Å². The number of aryl methyl sites for hydroxylation is 1. The largest absolute Gasteiger partial charge is 0.454 e. The number of anilines is 1. The molecule has 1 saturated heterocycles. The number of hydrogen-bond acceptors (Lipinski definition) is 4. The lowest BCUT2D eigenvalue weighted by Gasteiger charge is -2.18. The van der Waals surface area contributed by atoms with E-state index in [-0.39, 0.29) is 41.7 Å². The second-order valence-corrected chi connectivity index (χ2v) is 7.70. The Morgan fingerprint density at radius 1 is 0.909 bits per heavy atom. The zero-order chi connectivity index (χ0) is 23.3. The number of pyridine rings is 1. The van der Waals surface area contributed by atoms with E-state index in [1.165, 1.54) is 24.4 Å². The first kappa shape index (κ1) is 20.6. The molecule has 1 N–H and O–H groups in total. The van der Waals surface area contributed by atoms with Gasteiger partial charge in [0.2, 0.25) is 11.8 Å². The van der Waals surface area contributed by atoms with E-state index in [1.54, 1.807) is 29.9 Å². The van der Waals surface area contributed by atoms with Crippen LogP contribution in [-0.2, 0) is 16.6 Å². The van der Waals surface area contributed by atoms with Crippen molar-refractivity contribution in [2.24, 2.45) is 7.05 Å². The summed E-state index contributed by atoms with van der Waals surface area (Å²) in [5.41, 5.74) is 1.46. The molecule has 0 unspecified atom stereocenters. The minimum Gasteiger partial charge on any atom is -0.454 e. The predicted molar refractivity (Wildman–Crippen MR) is 117 cm³/mol. The van der Waals surface area contributed by atoms with Crippen molar-refractivity contribution in [3.05, 3.63) is 76.8 Å². The number of amides is 2. The first-order chi connectivity index (χ1) is 15.8. The summed E-state index contributed by atoms with van der Waals surface area (Å²) in [6.07, 6.45) is 3.46. The summed E-state index contributed by atoms with van der Waals surface area (Å²) in [5, 5.41) is 0.599. The van der Waals surface area contributed by atoms with Gasteiger partial charge in [-0.1, -0.05) is 0 Å². The van der Waals surface area contributed by atoms with Crippen LogP contribution in [0.25, 0.3) is 22.0 Å². The second-order valence-electron chi connectivity index (χ2n) is 7.70. The lowest BCUT2D eigenvalue weighted by Crippen LogP contribution is -2.28. The number of nitrogens with one attached hydrogen (secondary N) is 1. The van der Waals surface area contributed by atoms with E-state index in [0.717, 1.165) is 11.0 Å². The van der Waals surface area contributed by atoms with Gasteiger partial charge in [0, 0.05) is 54.9 Å². The van der Waals surface area contributed by atoms with Gasteiger partial charge < -0.3 is 14.3 Å². The number of H-pyrrole nitrogens is 1. The Balaban J connectivity index is 1.72. The molecule has 2 amide bonds. The fraction of sp³-hybridized carbons (Fsp3) is 0.125. The first-order valence-electron chi connectivity index (χ1n) is 10.1. The number of benzene rings is 2. The highest BCUT2D eigenvalue weighted by Gasteiger charge is 2.31. The van der Waals surface area contributed by atoms with Crippen molar-refractivity contribution in [3.63, 3.8) is 0 Å². The summed E-state index contributed by atoms with van der Waals surface area (Å²) < 4.78 is 35.1. The van der Waals surface area contributed by atoms with Crippen molar-refractivity contribution in [2.75, 3.05) is 4.90 Å². The standard InChI is InChI=1S/C24H17F2N3O4/c1-28-12-17(15-8-9-27-24(32)23(15)28)16-11-14(29-21(30)6-7-22(29)31)3-5-19(16)33-20-4-2-13(25)10-18(20)26/h2-5,8-12H,6-7H2,1H3,(H,27,32). The Bertz CT molecular complexity index is 1490. The van der Waals surface area contributed by atoms with Gasteiger partial charge in [0.15, 0.2) is 11.6 Å². The molecule has 33 heavy (non-hydrogen) atoms. The van der Waals surface area contributed by atoms with Gasteiger partial charge >= 0.3 is 0 Å². The molecule has 2 aromatic carbocycles. The molecule has 0 spiro atoms. The van der Waals surface area contributed by atoms with Crippen LogP contribution >= 0.6 is 0 Å². The van der Waals surface area contributed by atoms with Crippen LogP contribution in [0.5, 0.6) is 11.5 Å². The molecule has 0 atom stereocenters. The second kappa shape index (κ2) is 7.70. The van der Waals surface area contributed by atoms with Crippen molar-refractivity contribution in [3.8, 4) is 22.6 Å². The highest BCUT2D eigenvalue weighted by atomic mass is 19.1. The quantitative estimate of drug-likeness (QED) is 0.472. The molecule has 1 aliphatic heterocycles. The van der Waals surface area contributed by atoms with Crippen molar-refractivity contribution in [1.82, 2.24) is 9.55 Å². The van der Waals surface area contributed by atoms with Crippen LogP contribution in [0.15, 0.2) is 59.7 Å². The number of aromatic amines is 1. The van der Waals surface area contributed by atoms with Gasteiger partial charge in [0.25, 0.3) is 5.56 Å². The lowest BCUT2D eigenvalue weighted by atomic mass is 10.0. The molecule has 9 heteroatoms. The fourth-order valence-corrected chi connectivity index (χ4v) is 4.08. The van der Waals surface area contributed by atoms with Crippen LogP contribution in [0.2, 0.25) is 0 Å². The van der Waals surface area contributed by atoms with Gasteiger partial charge in [-0.2, -0.15) is 0 Å². The van der Waals surface area contributed by atoms with Crippen molar-refractivity contribution >= 4 is 28.4 Å². The van der Waals surface area contributed by atoms with Crippen LogP contribution in [-0.4, -0.2) is 21.4 Å². The molecule has 0 saturated carbocycles. The highest BCUT2D eigenvalue weighted by molar-refractivity contribution is 6.20. The predicted octanol–water partition coefficient (Wildman–Crippen LogP) is 4.26. The first-order valence-corrected chi connectivity index (χ1v) is 10.1. The number of carbonyl (C=O) groups excluding carboxylic acids is 2. The number of carbonyl (C=O) groups is 2. The van der Waals surface area contributed by atoms with Gasteiger partial charge in [-0.25, -0.2) is 8.78 Å². The molecule has 2 aromatic heterocycles. The number of nitrogens with zero attached hydrogens (tertiary/aromatic N) is 2. The van der Waals surface area contributed by atoms with Gasteiger partial charge in [-0.05, 0) is 36.4 Å². The normalized spacial score (nSPS) is 13.8. The molecular formula is C24H17F2N3O4. The molecule has 0 radical (unpaired) electrons. The summed E-state index contributed by atoms with van der Waals surface area (Å²) >= 11 is 0. The third kappa shape index (κ3) is 3.47. The Hall–Kier alpha value is -4.27. The monoisotopic (exact) mass is 449 g/mol. The van der Waals surface area contributed by atoms with Gasteiger partial charge in [0.05, 0.1) is 5.69 Å². The summed E-state index contributed by atoms with van der Waals surface area (Å²) in [6, 6.07) is 9.30. The minimum absolute atomic E-state index is 0.122.